The van der Waals surface area contributed by atoms with E-state index in [4.69, 9.17) is 0 Å². The van der Waals surface area contributed by atoms with Crippen LogP contribution in [0.3, 0.4) is 0 Å². The minimum absolute atomic E-state index is 0.108. The lowest BCUT2D eigenvalue weighted by atomic mass is 10.0. The number of aromatic nitrogens is 2. The van der Waals surface area contributed by atoms with Gasteiger partial charge in [-0.2, -0.15) is 0 Å². The van der Waals surface area contributed by atoms with Crippen LogP contribution in [-0.2, 0) is 13.0 Å². The van der Waals surface area contributed by atoms with Gasteiger partial charge in [0.05, 0.1) is 23.2 Å². The van der Waals surface area contributed by atoms with E-state index in [2.05, 4.69) is 34.8 Å². The molecule has 4 nitrogen and oxygen atoms in total. The number of hydrogen-bond acceptors (Lipinski definition) is 3. The van der Waals surface area contributed by atoms with Crippen LogP contribution in [0, 0.1) is 0 Å². The van der Waals surface area contributed by atoms with Crippen LogP contribution in [0.4, 0.5) is 0 Å². The zero-order chi connectivity index (χ0) is 13.9. The van der Waals surface area contributed by atoms with Crippen LogP contribution in [0.1, 0.15) is 26.6 Å². The summed E-state index contributed by atoms with van der Waals surface area (Å²) in [6.45, 7) is 7.88. The Morgan fingerprint density at radius 2 is 2.05 bits per heavy atom. The van der Waals surface area contributed by atoms with Crippen molar-refractivity contribution in [3.8, 4) is 0 Å². The van der Waals surface area contributed by atoms with Crippen LogP contribution in [0.5, 0.6) is 0 Å². The fourth-order valence-electron chi connectivity index (χ4n) is 2.51. The van der Waals surface area contributed by atoms with Gasteiger partial charge in [0, 0.05) is 13.0 Å². The number of benzene rings is 1. The van der Waals surface area contributed by atoms with Crippen molar-refractivity contribution in [3.63, 3.8) is 0 Å². The van der Waals surface area contributed by atoms with Gasteiger partial charge in [0.2, 0.25) is 0 Å². The highest BCUT2D eigenvalue weighted by Gasteiger charge is 2.24. The van der Waals surface area contributed by atoms with Crippen LogP contribution >= 0.6 is 0 Å². The average Bonchev–Trinajstić information content (AvgIpc) is 2.77. The summed E-state index contributed by atoms with van der Waals surface area (Å²) in [7, 11) is 0. The number of nitrogens with zero attached hydrogens (tertiary/aromatic N) is 2. The van der Waals surface area contributed by atoms with Crippen molar-refractivity contribution in [3.05, 3.63) is 30.1 Å². The minimum atomic E-state index is -0.317. The maximum atomic E-state index is 9.65. The van der Waals surface area contributed by atoms with Gasteiger partial charge >= 0.3 is 0 Å². The predicted octanol–water partition coefficient (Wildman–Crippen LogP) is 1.96. The van der Waals surface area contributed by atoms with E-state index in [1.807, 2.05) is 25.1 Å². The van der Waals surface area contributed by atoms with E-state index >= 15 is 0 Å². The van der Waals surface area contributed by atoms with Crippen molar-refractivity contribution < 1.29 is 5.11 Å². The molecule has 0 fully saturated rings. The average molecular weight is 261 g/mol. The lowest BCUT2D eigenvalue weighted by molar-refractivity contribution is 0.159. The summed E-state index contributed by atoms with van der Waals surface area (Å²) >= 11 is 0. The summed E-state index contributed by atoms with van der Waals surface area (Å²) in [5, 5.41) is 13.0. The molecule has 2 aromatic rings. The lowest BCUT2D eigenvalue weighted by Crippen LogP contribution is -2.49. The van der Waals surface area contributed by atoms with E-state index < -0.39 is 0 Å². The minimum Gasteiger partial charge on any atom is -0.394 e. The van der Waals surface area contributed by atoms with Gasteiger partial charge in [-0.25, -0.2) is 4.98 Å². The third-order valence-corrected chi connectivity index (χ3v) is 3.51. The molecule has 1 heterocycles. The first-order valence-corrected chi connectivity index (χ1v) is 6.93. The highest BCUT2D eigenvalue weighted by Crippen LogP contribution is 2.19. The number of para-hydroxylation sites is 2. The van der Waals surface area contributed by atoms with Gasteiger partial charge in [-0.3, -0.25) is 0 Å². The Labute approximate surface area is 114 Å². The summed E-state index contributed by atoms with van der Waals surface area (Å²) in [6.07, 6.45) is 0.891. The topological polar surface area (TPSA) is 50.1 Å². The monoisotopic (exact) mass is 261 g/mol. The van der Waals surface area contributed by atoms with E-state index in [9.17, 15) is 5.11 Å². The summed E-state index contributed by atoms with van der Waals surface area (Å²) in [4.78, 5) is 4.66. The van der Waals surface area contributed by atoms with E-state index in [0.717, 1.165) is 36.4 Å². The van der Waals surface area contributed by atoms with Crippen molar-refractivity contribution in [2.75, 3.05) is 13.2 Å². The number of aliphatic hydroxyl groups is 1. The number of aryl methyl sites for hydroxylation is 1. The van der Waals surface area contributed by atoms with Crippen LogP contribution in [0.25, 0.3) is 11.0 Å². The van der Waals surface area contributed by atoms with Crippen LogP contribution in [-0.4, -0.2) is 33.3 Å². The molecule has 104 valence electrons. The number of fused-ring (bicyclic) bond motifs is 1. The second-order valence-corrected chi connectivity index (χ2v) is 5.21. The van der Waals surface area contributed by atoms with Gasteiger partial charge in [0.15, 0.2) is 0 Å². The number of likely N-dealkylation sites (N-methyl/N-ethyl adjacent to an activating group) is 1. The SMILES string of the molecule is CCNC(C)(CO)Cn1c(CC)nc2ccccc21. The summed E-state index contributed by atoms with van der Waals surface area (Å²) in [5.74, 6) is 1.07. The van der Waals surface area contributed by atoms with Gasteiger partial charge < -0.3 is 15.0 Å². The van der Waals surface area contributed by atoms with E-state index in [1.54, 1.807) is 0 Å². The molecule has 1 unspecified atom stereocenters. The number of imidazole rings is 1. The zero-order valence-electron chi connectivity index (χ0n) is 12.0. The Balaban J connectivity index is 2.43. The molecule has 2 rings (SSSR count). The van der Waals surface area contributed by atoms with Crippen LogP contribution < -0.4 is 5.32 Å². The second-order valence-electron chi connectivity index (χ2n) is 5.21. The van der Waals surface area contributed by atoms with Crippen molar-refractivity contribution in [1.82, 2.24) is 14.9 Å². The first-order valence-electron chi connectivity index (χ1n) is 6.93. The van der Waals surface area contributed by atoms with Gasteiger partial charge in [-0.1, -0.05) is 26.0 Å². The zero-order valence-corrected chi connectivity index (χ0v) is 12.0. The van der Waals surface area contributed by atoms with Crippen molar-refractivity contribution >= 4 is 11.0 Å². The number of rotatable bonds is 6. The third-order valence-electron chi connectivity index (χ3n) is 3.51. The molecule has 0 aliphatic heterocycles. The molecule has 4 heteroatoms. The standard InChI is InChI=1S/C15H23N3O/c1-4-14-17-12-8-6-7-9-13(12)18(14)10-15(3,11-19)16-5-2/h6-9,16,19H,4-5,10-11H2,1-3H3. The Morgan fingerprint density at radius 3 is 2.68 bits per heavy atom. The van der Waals surface area contributed by atoms with Gasteiger partial charge in [0.1, 0.15) is 5.82 Å². The molecule has 2 N–H and O–H groups in total. The van der Waals surface area contributed by atoms with E-state index in [0.29, 0.717) is 0 Å². The van der Waals surface area contributed by atoms with E-state index in [-0.39, 0.29) is 12.1 Å². The van der Waals surface area contributed by atoms with Gasteiger partial charge in [0.25, 0.3) is 0 Å². The first-order chi connectivity index (χ1) is 9.13. The molecule has 1 atom stereocenters. The molecule has 0 radical (unpaired) electrons. The summed E-state index contributed by atoms with van der Waals surface area (Å²) in [5.41, 5.74) is 1.84. The molecule has 1 aromatic heterocycles. The fourth-order valence-corrected chi connectivity index (χ4v) is 2.51. The molecule has 0 saturated heterocycles. The molecule has 1 aromatic carbocycles. The molecule has 0 aliphatic carbocycles. The molecule has 0 spiro atoms. The molecular formula is C15H23N3O. The van der Waals surface area contributed by atoms with Crippen molar-refractivity contribution in [1.29, 1.82) is 0 Å². The lowest BCUT2D eigenvalue weighted by Gasteiger charge is -2.29. The first kappa shape index (κ1) is 14.0. The Bertz CT molecular complexity index is 549. The highest BCUT2D eigenvalue weighted by atomic mass is 16.3. The maximum Gasteiger partial charge on any atom is 0.109 e. The highest BCUT2D eigenvalue weighted by molar-refractivity contribution is 5.75. The van der Waals surface area contributed by atoms with Crippen LogP contribution in [0.15, 0.2) is 24.3 Å². The molecule has 0 aliphatic rings. The Morgan fingerprint density at radius 1 is 1.32 bits per heavy atom. The summed E-state index contributed by atoms with van der Waals surface area (Å²) < 4.78 is 2.22. The summed E-state index contributed by atoms with van der Waals surface area (Å²) in [6, 6.07) is 8.16. The smallest absolute Gasteiger partial charge is 0.109 e. The number of hydrogen-bond donors (Lipinski definition) is 2. The van der Waals surface area contributed by atoms with E-state index in [1.165, 1.54) is 0 Å². The molecule has 19 heavy (non-hydrogen) atoms. The Hall–Kier alpha value is -1.39. The maximum absolute atomic E-state index is 9.65. The number of aliphatic hydroxyl groups excluding tert-OH is 1. The predicted molar refractivity (Wildman–Crippen MR) is 78.3 cm³/mol. The molecule has 0 amide bonds. The second kappa shape index (κ2) is 5.72. The Kier molecular flexibility index (Phi) is 4.22. The normalized spacial score (nSPS) is 14.7. The molecule has 0 saturated carbocycles. The molecular weight excluding hydrogens is 238 g/mol. The fraction of sp³-hybridized carbons (Fsp3) is 0.533. The molecule has 0 bridgehead atoms. The van der Waals surface area contributed by atoms with Gasteiger partial charge in [-0.15, -0.1) is 0 Å². The van der Waals surface area contributed by atoms with Crippen molar-refractivity contribution in [2.45, 2.75) is 39.3 Å². The van der Waals surface area contributed by atoms with Crippen molar-refractivity contribution in [2.24, 2.45) is 0 Å². The van der Waals surface area contributed by atoms with Gasteiger partial charge in [-0.05, 0) is 25.6 Å². The third kappa shape index (κ3) is 2.80. The quantitative estimate of drug-likeness (QED) is 0.835. The largest absolute Gasteiger partial charge is 0.394 e. The number of nitrogens with one attached hydrogen (secondary N) is 1. The van der Waals surface area contributed by atoms with Crippen LogP contribution in [0.2, 0.25) is 0 Å².